The second-order valence-corrected chi connectivity index (χ2v) is 5.98. The molecule has 1 saturated heterocycles. The SMILES string of the molecule is O=C1CC(CO)CN1c1c(Br)cc([N+](=O)[O-])cc1Br. The zero-order valence-electron chi connectivity index (χ0n) is 9.68. The summed E-state index contributed by atoms with van der Waals surface area (Å²) in [6.07, 6.45) is 0.284. The lowest BCUT2D eigenvalue weighted by Gasteiger charge is -2.19. The fourth-order valence-electron chi connectivity index (χ4n) is 2.04. The highest BCUT2D eigenvalue weighted by atomic mass is 79.9. The molecule has 1 atom stereocenters. The van der Waals surface area contributed by atoms with E-state index in [0.717, 1.165) is 0 Å². The molecule has 1 aliphatic rings. The van der Waals surface area contributed by atoms with Gasteiger partial charge in [0.25, 0.3) is 5.69 Å². The average molecular weight is 394 g/mol. The summed E-state index contributed by atoms with van der Waals surface area (Å²) in [4.78, 5) is 23.7. The summed E-state index contributed by atoms with van der Waals surface area (Å²) in [7, 11) is 0. The predicted molar refractivity (Wildman–Crippen MR) is 76.0 cm³/mol. The Bertz CT molecular complexity index is 526. The number of anilines is 1. The molecule has 19 heavy (non-hydrogen) atoms. The van der Waals surface area contributed by atoms with Crippen molar-refractivity contribution in [1.29, 1.82) is 0 Å². The quantitative estimate of drug-likeness (QED) is 0.631. The van der Waals surface area contributed by atoms with E-state index in [4.69, 9.17) is 5.11 Å². The van der Waals surface area contributed by atoms with Gasteiger partial charge in [-0.1, -0.05) is 0 Å². The van der Waals surface area contributed by atoms with Crippen LogP contribution in [0.2, 0.25) is 0 Å². The van der Waals surface area contributed by atoms with Gasteiger partial charge in [-0.3, -0.25) is 14.9 Å². The van der Waals surface area contributed by atoms with Gasteiger partial charge in [0.2, 0.25) is 5.91 Å². The molecule has 6 nitrogen and oxygen atoms in total. The molecule has 0 aromatic heterocycles. The van der Waals surface area contributed by atoms with E-state index in [1.807, 2.05) is 0 Å². The summed E-state index contributed by atoms with van der Waals surface area (Å²) >= 11 is 6.51. The Morgan fingerprint density at radius 2 is 2.00 bits per heavy atom. The first kappa shape index (κ1) is 14.4. The first-order valence-corrected chi connectivity index (χ1v) is 7.07. The molecule has 0 radical (unpaired) electrons. The van der Waals surface area contributed by atoms with E-state index in [1.54, 1.807) is 0 Å². The third kappa shape index (κ3) is 2.80. The maximum atomic E-state index is 11.9. The number of hydrogen-bond donors (Lipinski definition) is 1. The van der Waals surface area contributed by atoms with Crippen molar-refractivity contribution < 1.29 is 14.8 Å². The number of hydrogen-bond acceptors (Lipinski definition) is 4. The van der Waals surface area contributed by atoms with Crippen LogP contribution in [0, 0.1) is 16.0 Å². The molecule has 1 aromatic rings. The Kier molecular flexibility index (Phi) is 4.22. The lowest BCUT2D eigenvalue weighted by atomic mass is 10.1. The van der Waals surface area contributed by atoms with E-state index in [9.17, 15) is 14.9 Å². The molecule has 1 fully saturated rings. The highest BCUT2D eigenvalue weighted by Crippen LogP contribution is 2.40. The van der Waals surface area contributed by atoms with Gasteiger partial charge in [0.05, 0.1) is 10.6 Å². The van der Waals surface area contributed by atoms with Crippen LogP contribution in [0.1, 0.15) is 6.42 Å². The van der Waals surface area contributed by atoms with Crippen molar-refractivity contribution in [1.82, 2.24) is 0 Å². The lowest BCUT2D eigenvalue weighted by molar-refractivity contribution is -0.385. The van der Waals surface area contributed by atoms with Crippen LogP contribution in [0.4, 0.5) is 11.4 Å². The number of aliphatic hydroxyl groups excluding tert-OH is 1. The lowest BCUT2D eigenvalue weighted by Crippen LogP contribution is -2.25. The Labute approximate surface area is 125 Å². The van der Waals surface area contributed by atoms with Crippen LogP contribution in [-0.2, 0) is 4.79 Å². The van der Waals surface area contributed by atoms with Crippen LogP contribution in [0.15, 0.2) is 21.1 Å². The highest BCUT2D eigenvalue weighted by Gasteiger charge is 2.33. The van der Waals surface area contributed by atoms with Gasteiger partial charge < -0.3 is 10.0 Å². The zero-order valence-corrected chi connectivity index (χ0v) is 12.8. The zero-order chi connectivity index (χ0) is 14.2. The van der Waals surface area contributed by atoms with Crippen LogP contribution >= 0.6 is 31.9 Å². The summed E-state index contributed by atoms with van der Waals surface area (Å²) in [6, 6.07) is 2.72. The van der Waals surface area contributed by atoms with E-state index < -0.39 is 4.92 Å². The standard InChI is InChI=1S/C11H10Br2N2O4/c12-8-2-7(15(18)19)3-9(13)11(8)14-4-6(5-16)1-10(14)17/h2-3,6,16H,1,4-5H2. The van der Waals surface area contributed by atoms with Gasteiger partial charge in [-0.25, -0.2) is 0 Å². The van der Waals surface area contributed by atoms with E-state index in [-0.39, 0.29) is 30.5 Å². The normalized spacial score (nSPS) is 19.0. The van der Waals surface area contributed by atoms with Gasteiger partial charge in [-0.2, -0.15) is 0 Å². The Hall–Kier alpha value is -0.990. The van der Waals surface area contributed by atoms with E-state index in [2.05, 4.69) is 31.9 Å². The Morgan fingerprint density at radius 1 is 1.42 bits per heavy atom. The van der Waals surface area contributed by atoms with Crippen molar-refractivity contribution in [3.63, 3.8) is 0 Å². The molecule has 0 bridgehead atoms. The molecular weight excluding hydrogens is 384 g/mol. The number of amides is 1. The molecule has 1 amide bonds. The van der Waals surface area contributed by atoms with Gasteiger partial charge in [-0.15, -0.1) is 0 Å². The summed E-state index contributed by atoms with van der Waals surface area (Å²) in [5, 5.41) is 19.9. The largest absolute Gasteiger partial charge is 0.396 e. The van der Waals surface area contributed by atoms with Crippen molar-refractivity contribution in [2.45, 2.75) is 6.42 Å². The predicted octanol–water partition coefficient (Wildman–Crippen LogP) is 2.46. The minimum atomic E-state index is -0.498. The number of halogens is 2. The van der Waals surface area contributed by atoms with Crippen molar-refractivity contribution in [2.24, 2.45) is 5.92 Å². The van der Waals surface area contributed by atoms with Crippen LogP contribution in [0.3, 0.4) is 0 Å². The maximum absolute atomic E-state index is 11.9. The average Bonchev–Trinajstić information content (AvgIpc) is 2.70. The smallest absolute Gasteiger partial charge is 0.271 e. The number of aliphatic hydroxyl groups is 1. The van der Waals surface area contributed by atoms with E-state index >= 15 is 0 Å². The molecule has 1 unspecified atom stereocenters. The number of nitro groups is 1. The summed E-state index contributed by atoms with van der Waals surface area (Å²) in [5.41, 5.74) is 0.499. The van der Waals surface area contributed by atoms with Crippen molar-refractivity contribution in [3.05, 3.63) is 31.2 Å². The minimum Gasteiger partial charge on any atom is -0.396 e. The second-order valence-electron chi connectivity index (χ2n) is 4.27. The van der Waals surface area contributed by atoms with Gasteiger partial charge in [0.1, 0.15) is 0 Å². The molecule has 8 heteroatoms. The number of carbonyl (C=O) groups excluding carboxylic acids is 1. The van der Waals surface area contributed by atoms with Gasteiger partial charge in [0, 0.05) is 46.6 Å². The molecule has 1 aliphatic heterocycles. The summed E-state index contributed by atoms with van der Waals surface area (Å²) in [5.74, 6) is -0.198. The van der Waals surface area contributed by atoms with E-state index in [0.29, 0.717) is 21.2 Å². The van der Waals surface area contributed by atoms with Crippen molar-refractivity contribution >= 4 is 49.1 Å². The molecule has 1 N–H and O–H groups in total. The first-order chi connectivity index (χ1) is 8.93. The maximum Gasteiger partial charge on any atom is 0.271 e. The Morgan fingerprint density at radius 3 is 2.42 bits per heavy atom. The Balaban J connectivity index is 2.41. The molecule has 1 aromatic carbocycles. The second kappa shape index (κ2) is 5.56. The van der Waals surface area contributed by atoms with Crippen molar-refractivity contribution in [3.8, 4) is 0 Å². The first-order valence-electron chi connectivity index (χ1n) is 5.48. The summed E-state index contributed by atoms with van der Waals surface area (Å²) < 4.78 is 0.945. The third-order valence-electron chi connectivity index (χ3n) is 2.95. The van der Waals surface area contributed by atoms with Crippen molar-refractivity contribution in [2.75, 3.05) is 18.1 Å². The minimum absolute atomic E-state index is 0.0511. The van der Waals surface area contributed by atoms with Crippen LogP contribution in [0.5, 0.6) is 0 Å². The fourth-order valence-corrected chi connectivity index (χ4v) is 3.63. The van der Waals surface area contributed by atoms with Gasteiger partial charge >= 0.3 is 0 Å². The van der Waals surface area contributed by atoms with Crippen LogP contribution in [-0.4, -0.2) is 29.1 Å². The molecule has 0 saturated carbocycles. The molecule has 0 aliphatic carbocycles. The molecule has 2 rings (SSSR count). The molecule has 0 spiro atoms. The van der Waals surface area contributed by atoms with Gasteiger partial charge in [-0.05, 0) is 31.9 Å². The van der Waals surface area contributed by atoms with E-state index in [1.165, 1.54) is 17.0 Å². The monoisotopic (exact) mass is 392 g/mol. The molecule has 1 heterocycles. The molecular formula is C11H10Br2N2O4. The highest BCUT2D eigenvalue weighted by molar-refractivity contribution is 9.11. The topological polar surface area (TPSA) is 83.7 Å². The molecule has 102 valence electrons. The number of non-ortho nitro benzene ring substituents is 1. The number of nitro benzene ring substituents is 1. The number of rotatable bonds is 3. The van der Waals surface area contributed by atoms with Gasteiger partial charge in [0.15, 0.2) is 0 Å². The van der Waals surface area contributed by atoms with Crippen LogP contribution in [0.25, 0.3) is 0 Å². The van der Waals surface area contributed by atoms with Crippen LogP contribution < -0.4 is 4.90 Å². The fraction of sp³-hybridized carbons (Fsp3) is 0.364. The number of carbonyl (C=O) groups is 1. The summed E-state index contributed by atoms with van der Waals surface area (Å²) in [6.45, 7) is 0.356. The number of benzene rings is 1. The third-order valence-corrected chi connectivity index (χ3v) is 4.15. The number of nitrogens with zero attached hydrogens (tertiary/aromatic N) is 2.